The summed E-state index contributed by atoms with van der Waals surface area (Å²) in [5, 5.41) is 12.7. The molecule has 0 bridgehead atoms. The Balaban J connectivity index is 3.29. The minimum Gasteiger partial charge on any atom is -0.449 e. The maximum atomic E-state index is 10.9. The molecule has 21 heavy (non-hydrogen) atoms. The number of carbonyl (C=O) groups excluding carboxylic acids is 1. The molecule has 0 aliphatic rings. The van der Waals surface area contributed by atoms with E-state index < -0.39 is 6.16 Å². The maximum absolute atomic E-state index is 10.9. The van der Waals surface area contributed by atoms with Gasteiger partial charge in [0.1, 0.15) is 5.75 Å². The molecule has 1 aromatic carbocycles. The van der Waals surface area contributed by atoms with Crippen LogP contribution in [0.4, 0.5) is 10.5 Å². The molecule has 0 aliphatic carbocycles. The zero-order valence-electron chi connectivity index (χ0n) is 12.4. The number of nitrogens with zero attached hydrogens (tertiary/aromatic N) is 1. The smallest absolute Gasteiger partial charge is 0.449 e. The van der Waals surface area contributed by atoms with E-state index in [0.717, 1.165) is 0 Å². The summed E-state index contributed by atoms with van der Waals surface area (Å²) < 4.78 is 4.75. The third-order valence-electron chi connectivity index (χ3n) is 2.77. The number of nitrogens with two attached hydrogens (primary N) is 1. The number of anilines is 1. The van der Waals surface area contributed by atoms with E-state index in [1.165, 1.54) is 13.0 Å². The summed E-state index contributed by atoms with van der Waals surface area (Å²) in [7, 11) is 0. The predicted molar refractivity (Wildman–Crippen MR) is 79.6 cm³/mol. The molecular formula is C14H19N3O4. The Morgan fingerprint density at radius 1 is 1.33 bits per heavy atom. The molecule has 0 spiro atoms. The molecule has 7 nitrogen and oxygen atoms in total. The van der Waals surface area contributed by atoms with Gasteiger partial charge in [0, 0.05) is 24.2 Å². The number of ether oxygens (including phenoxy) is 1. The lowest BCUT2D eigenvalue weighted by Gasteiger charge is -2.15. The third kappa shape index (κ3) is 4.48. The molecule has 0 heterocycles. The molecule has 1 amide bonds. The van der Waals surface area contributed by atoms with E-state index >= 15 is 0 Å². The van der Waals surface area contributed by atoms with E-state index in [4.69, 9.17) is 15.6 Å². The number of amides is 1. The van der Waals surface area contributed by atoms with Crippen molar-refractivity contribution in [1.29, 1.82) is 0 Å². The van der Waals surface area contributed by atoms with Crippen LogP contribution in [0.25, 0.3) is 0 Å². The Bertz CT molecular complexity index is 594. The summed E-state index contributed by atoms with van der Waals surface area (Å²) in [6, 6.07) is 3.17. The van der Waals surface area contributed by atoms with E-state index in [-0.39, 0.29) is 17.6 Å². The maximum Gasteiger partial charge on any atom is 0.511 e. The molecule has 114 valence electrons. The number of benzene rings is 1. The molecular weight excluding hydrogens is 274 g/mol. The van der Waals surface area contributed by atoms with Crippen LogP contribution in [-0.2, 0) is 4.79 Å². The molecule has 0 fully saturated rings. The number of hydrogen-bond donors (Lipinski definition) is 3. The van der Waals surface area contributed by atoms with Crippen molar-refractivity contribution in [1.82, 2.24) is 5.43 Å². The fourth-order valence-corrected chi connectivity index (χ4v) is 1.78. The van der Waals surface area contributed by atoms with Crippen LogP contribution < -0.4 is 15.9 Å². The Morgan fingerprint density at radius 3 is 2.43 bits per heavy atom. The van der Waals surface area contributed by atoms with Gasteiger partial charge >= 0.3 is 6.16 Å². The summed E-state index contributed by atoms with van der Waals surface area (Å²) in [6.45, 7) is 6.86. The first-order valence-corrected chi connectivity index (χ1v) is 6.37. The molecule has 0 aliphatic heterocycles. The minimum absolute atomic E-state index is 0.0345. The number of carboxylic acid groups (broad SMARTS) is 1. The van der Waals surface area contributed by atoms with Crippen LogP contribution >= 0.6 is 0 Å². The summed E-state index contributed by atoms with van der Waals surface area (Å²) in [4.78, 5) is 21.6. The van der Waals surface area contributed by atoms with Gasteiger partial charge in [-0.15, -0.1) is 0 Å². The van der Waals surface area contributed by atoms with Crippen molar-refractivity contribution in [3.8, 4) is 5.75 Å². The number of hydrogen-bond acceptors (Lipinski definition) is 5. The van der Waals surface area contributed by atoms with Crippen molar-refractivity contribution in [2.24, 2.45) is 5.10 Å². The number of nitrogens with one attached hydrogen (secondary N) is 1. The largest absolute Gasteiger partial charge is 0.511 e. The summed E-state index contributed by atoms with van der Waals surface area (Å²) in [5.41, 5.74) is 10.4. The highest BCUT2D eigenvalue weighted by Crippen LogP contribution is 2.31. The molecule has 1 aromatic rings. The van der Waals surface area contributed by atoms with Crippen LogP contribution in [0.5, 0.6) is 5.75 Å². The molecule has 0 unspecified atom stereocenters. The lowest BCUT2D eigenvalue weighted by Crippen LogP contribution is -2.16. The third-order valence-corrected chi connectivity index (χ3v) is 2.77. The summed E-state index contributed by atoms with van der Waals surface area (Å²) >= 11 is 0. The van der Waals surface area contributed by atoms with Crippen LogP contribution in [0.15, 0.2) is 17.2 Å². The standard InChI is InChI=1S/C14H19N3O4/c1-7(2)10-5-11(8(3)16-17-9(4)18)12(15)6-13(10)21-14(19)20/h5-7H,15H2,1-4H3,(H,17,18)(H,19,20)/b16-8+. The molecule has 0 radical (unpaired) electrons. The van der Waals surface area contributed by atoms with Crippen LogP contribution in [0, 0.1) is 0 Å². The monoisotopic (exact) mass is 293 g/mol. The van der Waals surface area contributed by atoms with Gasteiger partial charge in [-0.1, -0.05) is 13.8 Å². The summed E-state index contributed by atoms with van der Waals surface area (Å²) in [5.74, 6) is -0.0545. The van der Waals surface area contributed by atoms with Crippen LogP contribution in [0.2, 0.25) is 0 Å². The van der Waals surface area contributed by atoms with Crippen LogP contribution in [0.1, 0.15) is 44.7 Å². The van der Waals surface area contributed by atoms with E-state index in [2.05, 4.69) is 10.5 Å². The number of carbonyl (C=O) groups is 2. The van der Waals surface area contributed by atoms with Gasteiger partial charge < -0.3 is 15.6 Å². The van der Waals surface area contributed by atoms with Crippen molar-refractivity contribution >= 4 is 23.5 Å². The van der Waals surface area contributed by atoms with E-state index in [0.29, 0.717) is 22.5 Å². The topological polar surface area (TPSA) is 114 Å². The van der Waals surface area contributed by atoms with Crippen molar-refractivity contribution in [3.05, 3.63) is 23.3 Å². The van der Waals surface area contributed by atoms with E-state index in [9.17, 15) is 9.59 Å². The highest BCUT2D eigenvalue weighted by Gasteiger charge is 2.16. The number of rotatable bonds is 4. The second-order valence-corrected chi connectivity index (χ2v) is 4.87. The Hall–Kier alpha value is -2.57. The summed E-state index contributed by atoms with van der Waals surface area (Å²) in [6.07, 6.45) is -1.40. The molecule has 7 heteroatoms. The Labute approximate surface area is 122 Å². The molecule has 0 atom stereocenters. The van der Waals surface area contributed by atoms with Gasteiger partial charge in [-0.3, -0.25) is 4.79 Å². The zero-order chi connectivity index (χ0) is 16.2. The van der Waals surface area contributed by atoms with Crippen LogP contribution in [0.3, 0.4) is 0 Å². The molecule has 1 rings (SSSR count). The number of hydrazone groups is 1. The normalized spacial score (nSPS) is 11.4. The van der Waals surface area contributed by atoms with Gasteiger partial charge in [-0.05, 0) is 24.5 Å². The fourth-order valence-electron chi connectivity index (χ4n) is 1.78. The van der Waals surface area contributed by atoms with Crippen molar-refractivity contribution in [2.75, 3.05) is 5.73 Å². The second-order valence-electron chi connectivity index (χ2n) is 4.87. The van der Waals surface area contributed by atoms with Gasteiger partial charge in [0.15, 0.2) is 0 Å². The average Bonchev–Trinajstić information content (AvgIpc) is 2.34. The number of nitrogen functional groups attached to an aromatic ring is 1. The molecule has 0 saturated carbocycles. The Kier molecular flexibility index (Phi) is 5.29. The second kappa shape index (κ2) is 6.74. The molecule has 0 saturated heterocycles. The van der Waals surface area contributed by atoms with Gasteiger partial charge in [-0.25, -0.2) is 10.2 Å². The molecule has 0 aromatic heterocycles. The highest BCUT2D eigenvalue weighted by molar-refractivity contribution is 6.04. The fraction of sp³-hybridized carbons (Fsp3) is 0.357. The first-order chi connectivity index (χ1) is 9.72. The first kappa shape index (κ1) is 16.5. The first-order valence-electron chi connectivity index (χ1n) is 6.37. The van der Waals surface area contributed by atoms with E-state index in [1.54, 1.807) is 13.0 Å². The molecule has 4 N–H and O–H groups in total. The van der Waals surface area contributed by atoms with Crippen molar-refractivity contribution in [3.63, 3.8) is 0 Å². The lowest BCUT2D eigenvalue weighted by atomic mass is 9.97. The quantitative estimate of drug-likeness (QED) is 0.259. The van der Waals surface area contributed by atoms with Gasteiger partial charge in [-0.2, -0.15) is 5.10 Å². The predicted octanol–water partition coefficient (Wildman–Crippen LogP) is 2.31. The van der Waals surface area contributed by atoms with Gasteiger partial charge in [0.2, 0.25) is 5.91 Å². The average molecular weight is 293 g/mol. The zero-order valence-corrected chi connectivity index (χ0v) is 12.4. The minimum atomic E-state index is -1.40. The van der Waals surface area contributed by atoms with Gasteiger partial charge in [0.25, 0.3) is 0 Å². The SMILES string of the molecule is CC(=O)N/N=C(\C)c1cc(C(C)C)c(OC(=O)O)cc1N. The van der Waals surface area contributed by atoms with Gasteiger partial charge in [0.05, 0.1) is 5.71 Å². The lowest BCUT2D eigenvalue weighted by molar-refractivity contribution is -0.118. The van der Waals surface area contributed by atoms with Crippen molar-refractivity contribution < 1.29 is 19.4 Å². The Morgan fingerprint density at radius 2 is 1.95 bits per heavy atom. The van der Waals surface area contributed by atoms with Crippen molar-refractivity contribution in [2.45, 2.75) is 33.6 Å². The van der Waals surface area contributed by atoms with E-state index in [1.807, 2.05) is 13.8 Å². The highest BCUT2D eigenvalue weighted by atomic mass is 16.7. The van der Waals surface area contributed by atoms with Crippen LogP contribution in [-0.4, -0.2) is 22.9 Å².